The second-order valence-electron chi connectivity index (χ2n) is 9.86. The number of Topliss-reactive ketones (excluding diaryl/α,β-unsaturated/α-hetero) is 1. The molecule has 4 aromatic rings. The van der Waals surface area contributed by atoms with E-state index >= 15 is 0 Å². The summed E-state index contributed by atoms with van der Waals surface area (Å²) in [4.78, 5) is 42.8. The van der Waals surface area contributed by atoms with Gasteiger partial charge in [-0.05, 0) is 55.3 Å². The van der Waals surface area contributed by atoms with Gasteiger partial charge in [-0.25, -0.2) is 9.59 Å². The first kappa shape index (κ1) is 26.7. The molecule has 40 heavy (non-hydrogen) atoms. The minimum absolute atomic E-state index is 0.287. The van der Waals surface area contributed by atoms with E-state index in [0.717, 1.165) is 0 Å². The molecule has 4 atom stereocenters. The minimum atomic E-state index is -1.34. The molecule has 0 bridgehead atoms. The third-order valence-electron chi connectivity index (χ3n) is 7.43. The van der Waals surface area contributed by atoms with E-state index in [1.54, 1.807) is 75.6 Å². The lowest BCUT2D eigenvalue weighted by Gasteiger charge is -2.30. The summed E-state index contributed by atoms with van der Waals surface area (Å²) in [6.45, 7) is 3.47. The molecule has 204 valence electrons. The summed E-state index contributed by atoms with van der Waals surface area (Å²) in [5.41, 5.74) is 2.15. The molecule has 0 saturated carbocycles. The van der Waals surface area contributed by atoms with Crippen molar-refractivity contribution in [2.75, 3.05) is 12.4 Å². The van der Waals surface area contributed by atoms with Crippen LogP contribution in [0.15, 0.2) is 95.4 Å². The monoisotopic (exact) mass is 538 g/mol. The number of hydrogen-bond acceptors (Lipinski definition) is 5. The van der Waals surface area contributed by atoms with E-state index in [1.165, 1.54) is 4.90 Å². The minimum Gasteiger partial charge on any atom is -0.497 e. The average Bonchev–Trinajstić information content (AvgIpc) is 3.50. The molecule has 1 saturated heterocycles. The molecule has 1 aliphatic heterocycles. The van der Waals surface area contributed by atoms with Crippen LogP contribution in [0.25, 0.3) is 0 Å². The number of aryl methyl sites for hydroxylation is 2. The number of furan rings is 1. The molecule has 0 radical (unpaired) electrons. The number of carboxylic acid groups (broad SMARTS) is 1. The van der Waals surface area contributed by atoms with Gasteiger partial charge in [-0.2, -0.15) is 0 Å². The van der Waals surface area contributed by atoms with Crippen molar-refractivity contribution in [3.63, 3.8) is 0 Å². The number of nitrogens with one attached hydrogen (secondary N) is 1. The second kappa shape index (κ2) is 11.1. The topological polar surface area (TPSA) is 109 Å². The summed E-state index contributed by atoms with van der Waals surface area (Å²) in [6, 6.07) is 23.7. The van der Waals surface area contributed by atoms with E-state index in [-0.39, 0.29) is 5.78 Å². The van der Waals surface area contributed by atoms with Crippen molar-refractivity contribution in [3.05, 3.63) is 119 Å². The van der Waals surface area contributed by atoms with Gasteiger partial charge >= 0.3 is 12.0 Å². The predicted molar refractivity (Wildman–Crippen MR) is 150 cm³/mol. The summed E-state index contributed by atoms with van der Waals surface area (Å²) in [5.74, 6) is -1.67. The Kier molecular flexibility index (Phi) is 7.42. The van der Waals surface area contributed by atoms with Gasteiger partial charge in [-0.15, -0.1) is 0 Å². The van der Waals surface area contributed by atoms with Gasteiger partial charge in [0, 0.05) is 11.6 Å². The number of urea groups is 1. The van der Waals surface area contributed by atoms with Gasteiger partial charge < -0.3 is 24.5 Å². The fraction of sp³-hybridized carbons (Fsp3) is 0.219. The summed E-state index contributed by atoms with van der Waals surface area (Å²) < 4.78 is 11.0. The number of hydrogen-bond donors (Lipinski definition) is 2. The molecule has 1 aliphatic rings. The van der Waals surface area contributed by atoms with Crippen molar-refractivity contribution in [3.8, 4) is 5.75 Å². The quantitative estimate of drug-likeness (QED) is 0.270. The largest absolute Gasteiger partial charge is 0.497 e. The lowest BCUT2D eigenvalue weighted by Crippen LogP contribution is -2.45. The number of likely N-dealkylation sites (tertiary alicyclic amines) is 1. The van der Waals surface area contributed by atoms with E-state index in [1.807, 2.05) is 36.4 Å². The molecular weight excluding hydrogens is 508 g/mol. The third-order valence-corrected chi connectivity index (χ3v) is 7.43. The molecule has 5 rings (SSSR count). The van der Waals surface area contributed by atoms with E-state index in [4.69, 9.17) is 9.15 Å². The highest BCUT2D eigenvalue weighted by Gasteiger charge is 2.58. The number of para-hydroxylation sites is 1. The van der Waals surface area contributed by atoms with Crippen molar-refractivity contribution >= 4 is 23.5 Å². The van der Waals surface area contributed by atoms with Crippen LogP contribution >= 0.6 is 0 Å². The van der Waals surface area contributed by atoms with Crippen molar-refractivity contribution in [1.29, 1.82) is 0 Å². The lowest BCUT2D eigenvalue weighted by atomic mass is 9.76. The van der Waals surface area contributed by atoms with Gasteiger partial charge in [0.1, 0.15) is 23.3 Å². The van der Waals surface area contributed by atoms with Gasteiger partial charge in [0.2, 0.25) is 0 Å². The normalized spacial score (nSPS) is 20.2. The van der Waals surface area contributed by atoms with E-state index in [9.17, 15) is 19.5 Å². The van der Waals surface area contributed by atoms with Crippen LogP contribution in [0.5, 0.6) is 5.75 Å². The van der Waals surface area contributed by atoms with Gasteiger partial charge in [0.15, 0.2) is 5.78 Å². The number of amides is 2. The van der Waals surface area contributed by atoms with Crippen LogP contribution in [0, 0.1) is 19.8 Å². The van der Waals surface area contributed by atoms with Crippen LogP contribution in [0.3, 0.4) is 0 Å². The Morgan fingerprint density at radius 2 is 1.50 bits per heavy atom. The van der Waals surface area contributed by atoms with Crippen LogP contribution in [-0.4, -0.2) is 40.9 Å². The molecule has 2 heterocycles. The first-order valence-electron chi connectivity index (χ1n) is 13.0. The van der Waals surface area contributed by atoms with Gasteiger partial charge in [0.25, 0.3) is 0 Å². The van der Waals surface area contributed by atoms with Gasteiger partial charge in [-0.3, -0.25) is 4.79 Å². The number of aliphatic carboxylic acids is 1. The highest BCUT2D eigenvalue weighted by molar-refractivity contribution is 6.03. The zero-order chi connectivity index (χ0) is 28.4. The van der Waals surface area contributed by atoms with Crippen LogP contribution in [0.4, 0.5) is 10.5 Å². The fourth-order valence-electron chi connectivity index (χ4n) is 5.74. The summed E-state index contributed by atoms with van der Waals surface area (Å²) in [6.07, 6.45) is 0. The van der Waals surface area contributed by atoms with Crippen molar-refractivity contribution in [1.82, 2.24) is 4.90 Å². The molecule has 0 spiro atoms. The number of carbonyl (C=O) groups is 3. The smallest absolute Gasteiger partial charge is 0.327 e. The van der Waals surface area contributed by atoms with Crippen LogP contribution in [0.2, 0.25) is 0 Å². The number of methoxy groups -OCH3 is 1. The first-order chi connectivity index (χ1) is 19.3. The Morgan fingerprint density at radius 1 is 0.875 bits per heavy atom. The highest BCUT2D eigenvalue weighted by atomic mass is 16.5. The number of nitrogens with zero attached hydrogens (tertiary/aromatic N) is 1. The standard InChI is InChI=1S/C32H30N2O6/c1-19-18-25(20(2)40-19)30(35)27-26(21-14-16-24(39-3)17-15-21)29(31(36)37)34(28(27)22-10-6-4-7-11-22)32(38)33-23-12-8-5-9-13-23/h4-18,26-29H,1-3H3,(H,33,38)(H,36,37). The first-order valence-corrected chi connectivity index (χ1v) is 13.0. The lowest BCUT2D eigenvalue weighted by molar-refractivity contribution is -0.142. The van der Waals surface area contributed by atoms with Crippen LogP contribution in [0.1, 0.15) is 45.0 Å². The molecule has 8 heteroatoms. The Hall–Kier alpha value is -4.85. The number of carboxylic acids is 1. The van der Waals surface area contributed by atoms with E-state index in [0.29, 0.717) is 39.6 Å². The molecule has 2 N–H and O–H groups in total. The summed E-state index contributed by atoms with van der Waals surface area (Å²) in [5, 5.41) is 13.5. The predicted octanol–water partition coefficient (Wildman–Crippen LogP) is 6.23. The van der Waals surface area contributed by atoms with E-state index in [2.05, 4.69) is 5.32 Å². The number of benzene rings is 3. The highest BCUT2D eigenvalue weighted by Crippen LogP contribution is 2.52. The molecule has 8 nitrogen and oxygen atoms in total. The number of anilines is 1. The SMILES string of the molecule is COc1ccc(C2C(C(=O)c3cc(C)oc3C)C(c3ccccc3)N(C(=O)Nc3ccccc3)C2C(=O)O)cc1. The Balaban J connectivity index is 1.72. The average molecular weight is 539 g/mol. The molecule has 1 aromatic heterocycles. The summed E-state index contributed by atoms with van der Waals surface area (Å²) >= 11 is 0. The van der Waals surface area contributed by atoms with Crippen molar-refractivity contribution < 1.29 is 28.6 Å². The maximum absolute atomic E-state index is 14.4. The third kappa shape index (κ3) is 4.96. The number of carbonyl (C=O) groups excluding carboxylic acids is 2. The second-order valence-corrected chi connectivity index (χ2v) is 9.86. The fourth-order valence-corrected chi connectivity index (χ4v) is 5.74. The van der Waals surface area contributed by atoms with Gasteiger partial charge in [0.05, 0.1) is 24.6 Å². The van der Waals surface area contributed by atoms with Crippen molar-refractivity contribution in [2.45, 2.75) is 31.8 Å². The van der Waals surface area contributed by atoms with Gasteiger partial charge in [-0.1, -0.05) is 60.7 Å². The Morgan fingerprint density at radius 3 is 2.05 bits per heavy atom. The molecule has 2 amide bonds. The number of ketones is 1. The Bertz CT molecular complexity index is 1510. The van der Waals surface area contributed by atoms with Crippen molar-refractivity contribution in [2.24, 2.45) is 5.92 Å². The molecular formula is C32H30N2O6. The number of ether oxygens (including phenoxy) is 1. The number of rotatable bonds is 7. The zero-order valence-electron chi connectivity index (χ0n) is 22.4. The maximum atomic E-state index is 14.4. The zero-order valence-corrected chi connectivity index (χ0v) is 22.4. The Labute approximate surface area is 232 Å². The summed E-state index contributed by atoms with van der Waals surface area (Å²) in [7, 11) is 1.54. The van der Waals surface area contributed by atoms with Crippen LogP contribution < -0.4 is 10.1 Å². The molecule has 1 fully saturated rings. The molecule has 3 aromatic carbocycles. The van der Waals surface area contributed by atoms with E-state index < -0.39 is 35.9 Å². The maximum Gasteiger partial charge on any atom is 0.327 e. The molecule has 0 aliphatic carbocycles. The molecule has 4 unspecified atom stereocenters. The van der Waals surface area contributed by atoms with Crippen LogP contribution in [-0.2, 0) is 4.79 Å².